The number of rotatable bonds is 14. The van der Waals surface area contributed by atoms with Gasteiger partial charge in [0.05, 0.1) is 24.0 Å². The first-order valence-electron chi connectivity index (χ1n) is 22.7. The van der Waals surface area contributed by atoms with Crippen molar-refractivity contribution in [3.05, 3.63) is 72.0 Å². The summed E-state index contributed by atoms with van der Waals surface area (Å²) in [4.78, 5) is 133. The molecule has 0 spiro atoms. The van der Waals surface area contributed by atoms with E-state index in [1.54, 1.807) is 34.0 Å². The minimum atomic E-state index is -1.95. The zero-order valence-corrected chi connectivity index (χ0v) is 40.7. The summed E-state index contributed by atoms with van der Waals surface area (Å²) >= 11 is 0. The fourth-order valence-corrected chi connectivity index (χ4v) is 7.22. The number of carbonyl (C=O) groups excluding carboxylic acids is 7. The Bertz CT molecular complexity index is 2110. The van der Waals surface area contributed by atoms with Crippen LogP contribution in [0.1, 0.15) is 86.1 Å². The molecule has 1 aliphatic heterocycles. The van der Waals surface area contributed by atoms with Crippen molar-refractivity contribution in [1.29, 1.82) is 0 Å². The number of carbonyl (C=O) groups is 10. The van der Waals surface area contributed by atoms with Crippen LogP contribution >= 0.6 is 0 Å². The van der Waals surface area contributed by atoms with E-state index in [2.05, 4.69) is 38.5 Å². The van der Waals surface area contributed by atoms with Crippen LogP contribution in [0, 0.1) is 23.7 Å². The van der Waals surface area contributed by atoms with Gasteiger partial charge in [0.2, 0.25) is 35.4 Å². The Morgan fingerprint density at radius 3 is 1.96 bits per heavy atom. The average molecular weight is 968 g/mol. The molecule has 0 saturated carbocycles. The molecule has 0 aromatic heterocycles. The van der Waals surface area contributed by atoms with Crippen LogP contribution < -0.4 is 31.9 Å². The summed E-state index contributed by atoms with van der Waals surface area (Å²) in [5.74, 6) is -14.4. The number of aliphatic carboxylic acids is 3. The summed E-state index contributed by atoms with van der Waals surface area (Å²) in [5.41, 5.74) is 1.28. The molecule has 10 atom stereocenters. The van der Waals surface area contributed by atoms with E-state index >= 15 is 0 Å². The van der Waals surface area contributed by atoms with E-state index in [1.807, 2.05) is 43.3 Å². The fraction of sp³-hybridized carbons (Fsp3) is 0.542. The predicted molar refractivity (Wildman–Crippen MR) is 251 cm³/mol. The largest absolute Gasteiger partial charge is 0.481 e. The molecule has 1 fully saturated rings. The Balaban J connectivity index is 2.70. The molecule has 1 aliphatic rings. The van der Waals surface area contributed by atoms with Gasteiger partial charge in [-0.15, -0.1) is 0 Å². The molecule has 2 rings (SSSR count). The van der Waals surface area contributed by atoms with E-state index in [-0.39, 0.29) is 24.4 Å². The molecule has 0 bridgehead atoms. The van der Waals surface area contributed by atoms with Crippen LogP contribution in [-0.2, 0) is 59.1 Å². The van der Waals surface area contributed by atoms with Crippen molar-refractivity contribution in [2.75, 3.05) is 14.2 Å². The SMILES string of the molecule is C=C1C(=O)N[C@H](C)C(=O)N[C@@H](CC(C)C)C(=O)N[C@@H](C(=O)O)[C@H](C)C(=O)N[C@@H](CCC(=O)O)C(=O)N[C@@H](/C=C/C(C)=C/[C@H](C)[C@H](Cc2ccccc2)OC)[C@H](C)C(=O)N[C@@H](C(=O)O)CCC(=O)N1C. The van der Waals surface area contributed by atoms with E-state index in [9.17, 15) is 63.3 Å². The summed E-state index contributed by atoms with van der Waals surface area (Å²) < 4.78 is 5.78. The zero-order chi connectivity index (χ0) is 52.3. The highest BCUT2D eigenvalue weighted by atomic mass is 16.5. The number of benzene rings is 1. The van der Waals surface area contributed by atoms with Gasteiger partial charge in [0.15, 0.2) is 0 Å². The molecule has 1 saturated heterocycles. The number of carboxylic acid groups (broad SMARTS) is 3. The first-order valence-corrected chi connectivity index (χ1v) is 22.7. The van der Waals surface area contributed by atoms with E-state index in [4.69, 9.17) is 4.74 Å². The van der Waals surface area contributed by atoms with Crippen LogP contribution in [0.5, 0.6) is 0 Å². The number of nitrogens with zero attached hydrogens (tertiary/aromatic N) is 1. The summed E-state index contributed by atoms with van der Waals surface area (Å²) in [5, 5.41) is 44.4. The number of nitrogens with one attached hydrogen (secondary N) is 6. The predicted octanol–water partition coefficient (Wildman–Crippen LogP) is 1.43. The molecule has 9 N–H and O–H groups in total. The van der Waals surface area contributed by atoms with E-state index in [0.29, 0.717) is 12.0 Å². The Hall–Kier alpha value is -6.90. The number of methoxy groups -OCH3 is 1. The van der Waals surface area contributed by atoms with Crippen molar-refractivity contribution in [2.24, 2.45) is 23.7 Å². The Morgan fingerprint density at radius 2 is 1.39 bits per heavy atom. The number of hydrogen-bond donors (Lipinski definition) is 9. The number of amides is 7. The minimum absolute atomic E-state index is 0.0223. The highest BCUT2D eigenvalue weighted by molar-refractivity contribution is 6.00. The average Bonchev–Trinajstić information content (AvgIpc) is 3.28. The van der Waals surface area contributed by atoms with Crippen LogP contribution in [0.2, 0.25) is 0 Å². The van der Waals surface area contributed by atoms with Crippen LogP contribution in [0.3, 0.4) is 0 Å². The fourth-order valence-electron chi connectivity index (χ4n) is 7.22. The molecule has 21 heteroatoms. The van der Waals surface area contributed by atoms with Gasteiger partial charge in [-0.1, -0.05) is 95.3 Å². The lowest BCUT2D eigenvalue weighted by molar-refractivity contribution is -0.146. The molecule has 0 radical (unpaired) electrons. The monoisotopic (exact) mass is 967 g/mol. The summed E-state index contributed by atoms with van der Waals surface area (Å²) in [6, 6.07) is 0.447. The molecule has 21 nitrogen and oxygen atoms in total. The normalized spacial score (nSPS) is 25.8. The maximum atomic E-state index is 14.1. The minimum Gasteiger partial charge on any atom is -0.481 e. The third-order valence-electron chi connectivity index (χ3n) is 11.7. The molecule has 7 amide bonds. The number of hydrogen-bond acceptors (Lipinski definition) is 11. The number of likely N-dealkylation sites (N-methyl/N-ethyl adjacent to an activating group) is 1. The molecule has 69 heavy (non-hydrogen) atoms. The second-order valence-electron chi connectivity index (χ2n) is 17.7. The second kappa shape index (κ2) is 27.8. The van der Waals surface area contributed by atoms with Gasteiger partial charge < -0.3 is 56.9 Å². The van der Waals surface area contributed by atoms with E-state index < -0.39 is 139 Å². The van der Waals surface area contributed by atoms with Gasteiger partial charge in [-0.05, 0) is 51.0 Å². The van der Waals surface area contributed by atoms with Gasteiger partial charge in [-0.3, -0.25) is 38.4 Å². The molecular weight excluding hydrogens is 899 g/mol. The zero-order valence-electron chi connectivity index (χ0n) is 40.7. The van der Waals surface area contributed by atoms with Crippen molar-refractivity contribution in [3.8, 4) is 0 Å². The third-order valence-corrected chi connectivity index (χ3v) is 11.7. The molecule has 1 aromatic rings. The molecule has 1 heterocycles. The molecule has 380 valence electrons. The van der Waals surface area contributed by atoms with Crippen LogP contribution in [-0.4, -0.2) is 136 Å². The van der Waals surface area contributed by atoms with Crippen molar-refractivity contribution < 1.29 is 68.0 Å². The Labute approximate surface area is 402 Å². The number of carboxylic acids is 3. The van der Waals surface area contributed by atoms with Crippen molar-refractivity contribution in [3.63, 3.8) is 0 Å². The van der Waals surface area contributed by atoms with E-state index in [0.717, 1.165) is 17.4 Å². The molecule has 1 aromatic carbocycles. The molecular formula is C48H69N7O14. The van der Waals surface area contributed by atoms with Gasteiger partial charge in [0, 0.05) is 32.9 Å². The quantitative estimate of drug-likeness (QED) is 0.0942. The summed E-state index contributed by atoms with van der Waals surface area (Å²) in [6.07, 6.45) is 3.17. The van der Waals surface area contributed by atoms with Gasteiger partial charge in [-0.25, -0.2) is 9.59 Å². The highest BCUT2D eigenvalue weighted by Crippen LogP contribution is 2.19. The first kappa shape index (κ1) is 58.2. The van der Waals surface area contributed by atoms with Crippen LogP contribution in [0.15, 0.2) is 66.4 Å². The first-order chi connectivity index (χ1) is 32.3. The van der Waals surface area contributed by atoms with Crippen molar-refractivity contribution >= 4 is 59.3 Å². The lowest BCUT2D eigenvalue weighted by atomic mass is 9.94. The van der Waals surface area contributed by atoms with Crippen LogP contribution in [0.4, 0.5) is 0 Å². The summed E-state index contributed by atoms with van der Waals surface area (Å²) in [7, 11) is 2.78. The smallest absolute Gasteiger partial charge is 0.327 e. The lowest BCUT2D eigenvalue weighted by Crippen LogP contribution is -2.59. The molecule has 0 aliphatic carbocycles. The number of ether oxygens (including phenoxy) is 1. The maximum absolute atomic E-state index is 14.1. The Kier molecular flexibility index (Phi) is 23.5. The van der Waals surface area contributed by atoms with Gasteiger partial charge in [-0.2, -0.15) is 0 Å². The number of allylic oxidation sites excluding steroid dienone is 2. The van der Waals surface area contributed by atoms with Crippen molar-refractivity contribution in [2.45, 2.75) is 129 Å². The Morgan fingerprint density at radius 1 is 0.797 bits per heavy atom. The van der Waals surface area contributed by atoms with Crippen molar-refractivity contribution in [1.82, 2.24) is 36.8 Å². The van der Waals surface area contributed by atoms with Gasteiger partial charge in [0.1, 0.15) is 35.9 Å². The van der Waals surface area contributed by atoms with Gasteiger partial charge >= 0.3 is 17.9 Å². The maximum Gasteiger partial charge on any atom is 0.327 e. The summed E-state index contributed by atoms with van der Waals surface area (Å²) in [6.45, 7) is 14.6. The van der Waals surface area contributed by atoms with Crippen LogP contribution in [0.25, 0.3) is 0 Å². The second-order valence-corrected chi connectivity index (χ2v) is 17.7. The third kappa shape index (κ3) is 19.0. The topological polar surface area (TPSA) is 316 Å². The highest BCUT2D eigenvalue weighted by Gasteiger charge is 2.37. The lowest BCUT2D eigenvalue weighted by Gasteiger charge is -2.28. The van der Waals surface area contributed by atoms with Gasteiger partial charge in [0.25, 0.3) is 5.91 Å². The molecule has 0 unspecified atom stereocenters. The standard InChI is InChI=1S/C48H69N7O14/c1-25(2)22-36-46(64)54-40(48(67)68)29(6)42(60)51-34(19-21-39(57)58)45(63)50-33(17-16-26(3)23-27(4)37(69-10)24-32-14-12-11-13-15-32)28(5)41(59)52-35(47(65)66)18-20-38(56)55(9)31(8)44(62)49-30(7)43(61)53-36/h11-17,23,25,27-30,33-37,40H,8,18-22,24H2,1-7,9-10H3,(H,49,62)(H,50,63)(H,51,60)(H,52,59)(H,53,61)(H,54,64)(H,57,58)(H,65,66)(H,67,68)/b17-16+,26-23+/t27-,28-,29-,30+,33-,34-,35+,36-,37-,40+/m0/s1. The van der Waals surface area contributed by atoms with E-state index in [1.165, 1.54) is 27.0 Å².